The molecule has 0 saturated carbocycles. The van der Waals surface area contributed by atoms with Crippen LogP contribution in [0.25, 0.3) is 0 Å². The molecule has 1 saturated heterocycles. The number of aromatic nitrogens is 2. The van der Waals surface area contributed by atoms with E-state index in [-0.39, 0.29) is 11.8 Å². The van der Waals surface area contributed by atoms with Gasteiger partial charge in [0.15, 0.2) is 11.6 Å². The van der Waals surface area contributed by atoms with Gasteiger partial charge >= 0.3 is 0 Å². The van der Waals surface area contributed by atoms with Crippen LogP contribution in [-0.2, 0) is 9.13 Å². The van der Waals surface area contributed by atoms with Crippen LogP contribution in [-0.4, -0.2) is 81.9 Å². The molecule has 2 N–H and O–H groups in total. The van der Waals surface area contributed by atoms with Gasteiger partial charge in [-0.1, -0.05) is 0 Å². The van der Waals surface area contributed by atoms with Crippen molar-refractivity contribution in [3.63, 3.8) is 0 Å². The Morgan fingerprint density at radius 2 is 1.61 bits per heavy atom. The van der Waals surface area contributed by atoms with Crippen LogP contribution in [0.4, 0.5) is 33.2 Å². The molecule has 1 aliphatic heterocycles. The number of anilines is 5. The monoisotopic (exact) mass is 560 g/mol. The lowest BCUT2D eigenvalue weighted by atomic mass is 10.2. The first kappa shape index (κ1) is 28.1. The zero-order valence-corrected chi connectivity index (χ0v) is 24.4. The number of hydrogen-bond acceptors (Lipinski definition) is 9. The van der Waals surface area contributed by atoms with Gasteiger partial charge in [0.05, 0.1) is 24.7 Å². The molecule has 2 heterocycles. The predicted octanol–water partition coefficient (Wildman–Crippen LogP) is 4.36. The zero-order chi connectivity index (χ0) is 27.7. The number of nitrogens with zero attached hydrogens (tertiary/aromatic N) is 4. The van der Waals surface area contributed by atoms with Crippen LogP contribution in [0.15, 0.2) is 42.6 Å². The molecule has 0 atom stereocenters. The van der Waals surface area contributed by atoms with E-state index in [4.69, 9.17) is 4.74 Å². The van der Waals surface area contributed by atoms with Gasteiger partial charge in [-0.05, 0) is 64.0 Å². The highest BCUT2D eigenvalue weighted by atomic mass is 31.2. The third-order valence-corrected chi connectivity index (χ3v) is 9.53. The minimum absolute atomic E-state index is 0.0749. The summed E-state index contributed by atoms with van der Waals surface area (Å²) in [5.41, 5.74) is 2.14. The molecule has 0 radical (unpaired) electrons. The summed E-state index contributed by atoms with van der Waals surface area (Å²) in [7, 11) is -1.65. The molecule has 1 aromatic heterocycles. The average molecular weight is 561 g/mol. The van der Waals surface area contributed by atoms with Crippen LogP contribution in [0.2, 0.25) is 0 Å². The summed E-state index contributed by atoms with van der Waals surface area (Å²) in [6, 6.07) is 10.9. The summed E-state index contributed by atoms with van der Waals surface area (Å²) in [6.45, 7) is 10.4. The third kappa shape index (κ3) is 6.55. The van der Waals surface area contributed by atoms with E-state index in [2.05, 4.69) is 37.4 Å². The fourth-order valence-electron chi connectivity index (χ4n) is 4.21. The van der Waals surface area contributed by atoms with Gasteiger partial charge in [-0.2, -0.15) is 4.98 Å². The van der Waals surface area contributed by atoms with E-state index in [0.717, 1.165) is 38.1 Å². The van der Waals surface area contributed by atoms with Gasteiger partial charge in [0.25, 0.3) is 0 Å². The normalized spacial score (nSPS) is 14.9. The molecule has 9 nitrogen and oxygen atoms in total. The van der Waals surface area contributed by atoms with E-state index in [0.29, 0.717) is 27.7 Å². The molecule has 0 bridgehead atoms. The standard InChI is InChI=1S/C26H35FN6O3P2/c1-32-11-13-33(14-12-32)18-7-9-21(23(15-18)36-2)30-26-28-17-20(27)25(31-26)29-22-10-8-19(37(3,4)34)16-24(22)38(5,6)35/h7-10,15-17H,11-14H2,1-6H3,(H2,28,29,30,31). The van der Waals surface area contributed by atoms with Crippen molar-refractivity contribution in [2.45, 2.75) is 0 Å². The van der Waals surface area contributed by atoms with Crippen molar-refractivity contribution in [3.05, 3.63) is 48.4 Å². The van der Waals surface area contributed by atoms with Gasteiger partial charge in [-0.25, -0.2) is 9.37 Å². The van der Waals surface area contributed by atoms with Crippen molar-refractivity contribution in [3.8, 4) is 5.75 Å². The molecule has 12 heteroatoms. The summed E-state index contributed by atoms with van der Waals surface area (Å²) in [4.78, 5) is 13.0. The van der Waals surface area contributed by atoms with Crippen molar-refractivity contribution < 1.29 is 18.3 Å². The highest BCUT2D eigenvalue weighted by molar-refractivity contribution is 7.71. The Hall–Kier alpha value is -2.93. The largest absolute Gasteiger partial charge is 0.494 e. The molecule has 1 aliphatic rings. The van der Waals surface area contributed by atoms with Crippen molar-refractivity contribution in [2.75, 3.05) is 82.5 Å². The molecule has 4 rings (SSSR count). The number of benzene rings is 2. The second-order valence-corrected chi connectivity index (χ2v) is 16.6. The van der Waals surface area contributed by atoms with E-state index in [9.17, 15) is 13.5 Å². The Balaban J connectivity index is 1.60. The number of nitrogens with one attached hydrogen (secondary N) is 2. The van der Waals surface area contributed by atoms with Gasteiger partial charge < -0.3 is 34.3 Å². The summed E-state index contributed by atoms with van der Waals surface area (Å²) in [5.74, 6) is 0.0412. The first-order valence-electron chi connectivity index (χ1n) is 12.3. The molecular weight excluding hydrogens is 525 g/mol. The maximum absolute atomic E-state index is 14.8. The van der Waals surface area contributed by atoms with E-state index in [1.54, 1.807) is 52.0 Å². The van der Waals surface area contributed by atoms with E-state index in [1.165, 1.54) is 0 Å². The van der Waals surface area contributed by atoms with Crippen LogP contribution in [0.3, 0.4) is 0 Å². The number of methoxy groups -OCH3 is 1. The van der Waals surface area contributed by atoms with Crippen LogP contribution < -0.4 is 30.9 Å². The van der Waals surface area contributed by atoms with Crippen molar-refractivity contribution in [1.82, 2.24) is 14.9 Å². The van der Waals surface area contributed by atoms with Crippen molar-refractivity contribution in [2.24, 2.45) is 0 Å². The first-order valence-corrected chi connectivity index (χ1v) is 17.5. The average Bonchev–Trinajstić information content (AvgIpc) is 2.85. The minimum atomic E-state index is -2.79. The number of halogens is 1. The molecular formula is C26H35FN6O3P2. The van der Waals surface area contributed by atoms with E-state index < -0.39 is 20.1 Å². The molecule has 0 unspecified atom stereocenters. The topological polar surface area (TPSA) is 99.7 Å². The fourth-order valence-corrected chi connectivity index (χ4v) is 6.35. The fraction of sp³-hybridized carbons (Fsp3) is 0.385. The molecule has 0 spiro atoms. The van der Waals surface area contributed by atoms with E-state index >= 15 is 0 Å². The highest BCUT2D eigenvalue weighted by Gasteiger charge is 2.22. The summed E-state index contributed by atoms with van der Waals surface area (Å²) >= 11 is 0. The Labute approximate surface area is 223 Å². The third-order valence-electron chi connectivity index (χ3n) is 6.48. The van der Waals surface area contributed by atoms with Gasteiger partial charge in [0, 0.05) is 48.5 Å². The second kappa shape index (κ2) is 11.0. The second-order valence-electron chi connectivity index (χ2n) is 10.2. The molecule has 204 valence electrons. The smallest absolute Gasteiger partial charge is 0.229 e. The van der Waals surface area contributed by atoms with Gasteiger partial charge in [-0.15, -0.1) is 0 Å². The lowest BCUT2D eigenvalue weighted by molar-refractivity contribution is 0.312. The quantitative estimate of drug-likeness (QED) is 0.390. The number of piperazine rings is 1. The molecule has 2 aromatic carbocycles. The Morgan fingerprint density at radius 3 is 2.24 bits per heavy atom. The minimum Gasteiger partial charge on any atom is -0.494 e. The number of rotatable bonds is 8. The van der Waals surface area contributed by atoms with Crippen LogP contribution in [0, 0.1) is 5.82 Å². The maximum Gasteiger partial charge on any atom is 0.229 e. The lowest BCUT2D eigenvalue weighted by Gasteiger charge is -2.34. The van der Waals surface area contributed by atoms with Gasteiger partial charge in [0.2, 0.25) is 5.95 Å². The van der Waals surface area contributed by atoms with E-state index in [1.807, 2.05) is 18.2 Å². The van der Waals surface area contributed by atoms with Crippen LogP contribution in [0.5, 0.6) is 5.75 Å². The number of ether oxygens (including phenoxy) is 1. The lowest BCUT2D eigenvalue weighted by Crippen LogP contribution is -2.44. The summed E-state index contributed by atoms with van der Waals surface area (Å²) < 4.78 is 46.0. The molecule has 0 amide bonds. The highest BCUT2D eigenvalue weighted by Crippen LogP contribution is 2.41. The number of hydrogen-bond donors (Lipinski definition) is 2. The Kier molecular flexibility index (Phi) is 8.17. The zero-order valence-electron chi connectivity index (χ0n) is 22.7. The van der Waals surface area contributed by atoms with Crippen LogP contribution >= 0.6 is 14.3 Å². The molecule has 1 fully saturated rings. The summed E-state index contributed by atoms with van der Waals surface area (Å²) in [5, 5.41) is 7.17. The molecule has 3 aromatic rings. The first-order chi connectivity index (χ1) is 17.8. The molecule has 0 aliphatic carbocycles. The predicted molar refractivity (Wildman–Crippen MR) is 156 cm³/mol. The van der Waals surface area contributed by atoms with Crippen LogP contribution in [0.1, 0.15) is 0 Å². The summed E-state index contributed by atoms with van der Waals surface area (Å²) in [6.07, 6.45) is 1.07. The van der Waals surface area contributed by atoms with Crippen molar-refractivity contribution in [1.29, 1.82) is 0 Å². The van der Waals surface area contributed by atoms with Gasteiger partial charge in [0.1, 0.15) is 20.0 Å². The van der Waals surface area contributed by atoms with Gasteiger partial charge in [-0.3, -0.25) is 0 Å². The SMILES string of the molecule is COc1cc(N2CCN(C)CC2)ccc1Nc1ncc(F)c(Nc2ccc(P(C)(C)=O)cc2P(C)(C)=O)n1. The maximum atomic E-state index is 14.8. The Morgan fingerprint density at radius 1 is 0.921 bits per heavy atom. The van der Waals surface area contributed by atoms with Crippen molar-refractivity contribution >= 4 is 53.7 Å². The molecule has 38 heavy (non-hydrogen) atoms. The number of likely N-dealkylation sites (N-methyl/N-ethyl adjacent to an activating group) is 1. The Bertz CT molecular complexity index is 1420.